The molecule has 0 heterocycles. The number of rotatable bonds is 3. The first kappa shape index (κ1) is 10.7. The molecule has 0 saturated heterocycles. The Bertz CT molecular complexity index is 334. The second-order valence-electron chi connectivity index (χ2n) is 3.31. The lowest BCUT2D eigenvalue weighted by Gasteiger charge is -2.09. The summed E-state index contributed by atoms with van der Waals surface area (Å²) in [5.41, 5.74) is 1.44. The SMILES string of the molecule is CO/N=C/c1c(F)cccc1C(C)C. The van der Waals surface area contributed by atoms with E-state index >= 15 is 0 Å². The first-order valence-electron chi connectivity index (χ1n) is 4.51. The molecule has 0 aromatic heterocycles. The third-order valence-corrected chi connectivity index (χ3v) is 2.00. The zero-order chi connectivity index (χ0) is 10.6. The molecule has 0 aliphatic heterocycles. The fraction of sp³-hybridized carbons (Fsp3) is 0.364. The van der Waals surface area contributed by atoms with E-state index in [0.717, 1.165) is 5.56 Å². The first-order chi connectivity index (χ1) is 6.66. The van der Waals surface area contributed by atoms with Gasteiger partial charge < -0.3 is 4.84 Å². The van der Waals surface area contributed by atoms with Gasteiger partial charge in [0.25, 0.3) is 0 Å². The molecule has 0 amide bonds. The van der Waals surface area contributed by atoms with Crippen LogP contribution in [-0.4, -0.2) is 13.3 Å². The summed E-state index contributed by atoms with van der Waals surface area (Å²) < 4.78 is 13.4. The van der Waals surface area contributed by atoms with E-state index in [1.54, 1.807) is 6.07 Å². The Kier molecular flexibility index (Phi) is 3.63. The van der Waals surface area contributed by atoms with Crippen LogP contribution in [0.1, 0.15) is 30.9 Å². The summed E-state index contributed by atoms with van der Waals surface area (Å²) >= 11 is 0. The highest BCUT2D eigenvalue weighted by Gasteiger charge is 2.08. The van der Waals surface area contributed by atoms with Gasteiger partial charge in [0.15, 0.2) is 0 Å². The predicted molar refractivity (Wildman–Crippen MR) is 55.1 cm³/mol. The van der Waals surface area contributed by atoms with Crippen LogP contribution in [0.4, 0.5) is 4.39 Å². The van der Waals surface area contributed by atoms with Crippen molar-refractivity contribution in [2.75, 3.05) is 7.11 Å². The molecule has 1 aromatic carbocycles. The van der Waals surface area contributed by atoms with E-state index in [9.17, 15) is 4.39 Å². The molecular weight excluding hydrogens is 181 g/mol. The van der Waals surface area contributed by atoms with Crippen molar-refractivity contribution in [3.05, 3.63) is 35.1 Å². The molecule has 0 atom stereocenters. The van der Waals surface area contributed by atoms with Crippen LogP contribution >= 0.6 is 0 Å². The van der Waals surface area contributed by atoms with Gasteiger partial charge in [0.2, 0.25) is 0 Å². The van der Waals surface area contributed by atoms with Gasteiger partial charge in [-0.25, -0.2) is 4.39 Å². The van der Waals surface area contributed by atoms with Crippen molar-refractivity contribution in [3.8, 4) is 0 Å². The molecule has 14 heavy (non-hydrogen) atoms. The number of nitrogens with zero attached hydrogens (tertiary/aromatic N) is 1. The maximum absolute atomic E-state index is 13.4. The van der Waals surface area contributed by atoms with Gasteiger partial charge in [0.05, 0.1) is 6.21 Å². The quantitative estimate of drug-likeness (QED) is 0.536. The maximum Gasteiger partial charge on any atom is 0.132 e. The molecule has 0 aliphatic rings. The first-order valence-corrected chi connectivity index (χ1v) is 4.51. The molecule has 0 unspecified atom stereocenters. The van der Waals surface area contributed by atoms with Crippen LogP contribution in [-0.2, 0) is 4.84 Å². The van der Waals surface area contributed by atoms with Gasteiger partial charge in [-0.2, -0.15) is 0 Å². The monoisotopic (exact) mass is 195 g/mol. The number of oxime groups is 1. The molecule has 0 bridgehead atoms. The van der Waals surface area contributed by atoms with Crippen molar-refractivity contribution in [2.24, 2.45) is 5.16 Å². The number of hydrogen-bond donors (Lipinski definition) is 0. The number of benzene rings is 1. The van der Waals surface area contributed by atoms with Crippen LogP contribution in [0, 0.1) is 5.82 Å². The molecule has 1 rings (SSSR count). The van der Waals surface area contributed by atoms with E-state index in [4.69, 9.17) is 0 Å². The lowest BCUT2D eigenvalue weighted by molar-refractivity contribution is 0.215. The lowest BCUT2D eigenvalue weighted by atomic mass is 9.97. The summed E-state index contributed by atoms with van der Waals surface area (Å²) in [6.07, 6.45) is 1.41. The van der Waals surface area contributed by atoms with Crippen LogP contribution < -0.4 is 0 Å². The highest BCUT2D eigenvalue weighted by atomic mass is 19.1. The normalized spacial score (nSPS) is 11.2. The van der Waals surface area contributed by atoms with E-state index in [0.29, 0.717) is 5.56 Å². The molecule has 1 aromatic rings. The fourth-order valence-electron chi connectivity index (χ4n) is 1.30. The van der Waals surface area contributed by atoms with E-state index in [-0.39, 0.29) is 11.7 Å². The third kappa shape index (κ3) is 2.31. The summed E-state index contributed by atoms with van der Waals surface area (Å²) in [5.74, 6) is 0.000932. The Hall–Kier alpha value is -1.38. The third-order valence-electron chi connectivity index (χ3n) is 2.00. The number of halogens is 1. The molecule has 2 nitrogen and oxygen atoms in total. The molecule has 0 spiro atoms. The fourth-order valence-corrected chi connectivity index (χ4v) is 1.30. The van der Waals surface area contributed by atoms with Crippen molar-refractivity contribution in [3.63, 3.8) is 0 Å². The Morgan fingerprint density at radius 2 is 2.14 bits per heavy atom. The average Bonchev–Trinajstić information content (AvgIpc) is 2.15. The summed E-state index contributed by atoms with van der Waals surface area (Å²) in [4.78, 5) is 4.54. The summed E-state index contributed by atoms with van der Waals surface area (Å²) in [5, 5.41) is 3.58. The minimum atomic E-state index is -0.267. The average molecular weight is 195 g/mol. The largest absolute Gasteiger partial charge is 0.399 e. The minimum absolute atomic E-state index is 0.267. The Morgan fingerprint density at radius 3 is 2.71 bits per heavy atom. The summed E-state index contributed by atoms with van der Waals surface area (Å²) in [6.45, 7) is 4.03. The molecule has 0 fully saturated rings. The molecule has 3 heteroatoms. The van der Waals surface area contributed by atoms with Crippen molar-refractivity contribution in [1.82, 2.24) is 0 Å². The van der Waals surface area contributed by atoms with Crippen LogP contribution in [0.3, 0.4) is 0 Å². The van der Waals surface area contributed by atoms with Crippen LogP contribution in [0.15, 0.2) is 23.4 Å². The number of hydrogen-bond acceptors (Lipinski definition) is 2. The van der Waals surface area contributed by atoms with Crippen molar-refractivity contribution < 1.29 is 9.23 Å². The molecule has 0 radical (unpaired) electrons. The van der Waals surface area contributed by atoms with Crippen LogP contribution in [0.5, 0.6) is 0 Å². The zero-order valence-corrected chi connectivity index (χ0v) is 8.62. The maximum atomic E-state index is 13.4. The van der Waals surface area contributed by atoms with E-state index in [2.05, 4.69) is 9.99 Å². The highest BCUT2D eigenvalue weighted by Crippen LogP contribution is 2.20. The second-order valence-corrected chi connectivity index (χ2v) is 3.31. The Labute approximate surface area is 83.4 Å². The zero-order valence-electron chi connectivity index (χ0n) is 8.62. The molecule has 0 saturated carbocycles. The van der Waals surface area contributed by atoms with E-state index < -0.39 is 0 Å². The van der Waals surface area contributed by atoms with Crippen LogP contribution in [0.2, 0.25) is 0 Å². The van der Waals surface area contributed by atoms with Crippen molar-refractivity contribution >= 4 is 6.21 Å². The van der Waals surface area contributed by atoms with Gasteiger partial charge in [0.1, 0.15) is 12.9 Å². The van der Waals surface area contributed by atoms with E-state index in [1.807, 2.05) is 19.9 Å². The van der Waals surface area contributed by atoms with Crippen LogP contribution in [0.25, 0.3) is 0 Å². The van der Waals surface area contributed by atoms with E-state index in [1.165, 1.54) is 19.4 Å². The topological polar surface area (TPSA) is 21.6 Å². The summed E-state index contributed by atoms with van der Waals surface area (Å²) in [6, 6.07) is 5.02. The van der Waals surface area contributed by atoms with Gasteiger partial charge in [-0.05, 0) is 17.5 Å². The molecule has 0 aliphatic carbocycles. The van der Waals surface area contributed by atoms with Gasteiger partial charge in [-0.15, -0.1) is 0 Å². The Morgan fingerprint density at radius 1 is 1.43 bits per heavy atom. The van der Waals surface area contributed by atoms with Gasteiger partial charge in [-0.1, -0.05) is 31.1 Å². The standard InChI is InChI=1S/C11H14FNO/c1-8(2)9-5-4-6-11(12)10(9)7-13-14-3/h4-8H,1-3H3/b13-7+. The summed E-state index contributed by atoms with van der Waals surface area (Å²) in [7, 11) is 1.44. The Balaban J connectivity index is 3.15. The smallest absolute Gasteiger partial charge is 0.132 e. The van der Waals surface area contributed by atoms with Crippen molar-refractivity contribution in [1.29, 1.82) is 0 Å². The van der Waals surface area contributed by atoms with Gasteiger partial charge >= 0.3 is 0 Å². The molecular formula is C11H14FNO. The van der Waals surface area contributed by atoms with Gasteiger partial charge in [-0.3, -0.25) is 0 Å². The molecule has 0 N–H and O–H groups in total. The highest BCUT2D eigenvalue weighted by molar-refractivity contribution is 5.82. The van der Waals surface area contributed by atoms with Gasteiger partial charge in [0, 0.05) is 5.56 Å². The minimum Gasteiger partial charge on any atom is -0.399 e. The predicted octanol–water partition coefficient (Wildman–Crippen LogP) is 2.93. The second kappa shape index (κ2) is 4.74. The molecule has 76 valence electrons. The lowest BCUT2D eigenvalue weighted by Crippen LogP contribution is -1.99. The van der Waals surface area contributed by atoms with Crippen molar-refractivity contribution in [2.45, 2.75) is 19.8 Å².